The van der Waals surface area contributed by atoms with Crippen molar-refractivity contribution < 1.29 is 14.7 Å². The first-order valence-corrected chi connectivity index (χ1v) is 6.81. The van der Waals surface area contributed by atoms with E-state index in [4.69, 9.17) is 5.11 Å². The summed E-state index contributed by atoms with van der Waals surface area (Å²) in [5, 5.41) is 11.8. The molecule has 2 unspecified atom stereocenters. The van der Waals surface area contributed by atoms with Crippen LogP contribution < -0.4 is 5.32 Å². The topological polar surface area (TPSA) is 69.6 Å². The van der Waals surface area contributed by atoms with Gasteiger partial charge in [0.15, 0.2) is 0 Å². The summed E-state index contributed by atoms with van der Waals surface area (Å²) in [5.41, 5.74) is 0.694. The molecule has 6 heteroatoms. The van der Waals surface area contributed by atoms with Crippen molar-refractivity contribution in [1.82, 2.24) is 4.90 Å². The van der Waals surface area contributed by atoms with Gasteiger partial charge >= 0.3 is 12.0 Å². The number of likely N-dealkylation sites (tertiary alicyclic amines) is 1. The molecule has 1 heterocycles. The van der Waals surface area contributed by atoms with Crippen molar-refractivity contribution in [1.29, 1.82) is 0 Å². The molecule has 102 valence electrons. The maximum Gasteiger partial charge on any atom is 0.321 e. The molecule has 2 N–H and O–H groups in total. The van der Waals surface area contributed by atoms with Crippen LogP contribution in [0.1, 0.15) is 6.92 Å². The van der Waals surface area contributed by atoms with E-state index >= 15 is 0 Å². The number of carboxylic acid groups (broad SMARTS) is 1. The number of rotatable bonds is 2. The molecular weight excluding hydrogens is 312 g/mol. The molecule has 0 bridgehead atoms. The Kier molecular flexibility index (Phi) is 4.09. The molecule has 0 spiro atoms. The van der Waals surface area contributed by atoms with E-state index in [0.717, 1.165) is 4.47 Å². The van der Waals surface area contributed by atoms with Crippen LogP contribution in [-0.4, -0.2) is 35.1 Å². The second-order valence-electron chi connectivity index (χ2n) is 4.76. The normalized spacial score (nSPS) is 22.3. The highest BCUT2D eigenvalue weighted by atomic mass is 79.9. The van der Waals surface area contributed by atoms with Gasteiger partial charge in [-0.25, -0.2) is 4.79 Å². The quantitative estimate of drug-likeness (QED) is 0.877. The lowest BCUT2D eigenvalue weighted by Gasteiger charge is -2.16. The molecule has 2 amide bonds. The smallest absolute Gasteiger partial charge is 0.321 e. The van der Waals surface area contributed by atoms with E-state index in [0.29, 0.717) is 12.2 Å². The highest BCUT2D eigenvalue weighted by Gasteiger charge is 2.36. The fraction of sp³-hybridized carbons (Fsp3) is 0.385. The van der Waals surface area contributed by atoms with E-state index < -0.39 is 11.9 Å². The summed E-state index contributed by atoms with van der Waals surface area (Å²) >= 11 is 3.32. The zero-order chi connectivity index (χ0) is 14.0. The third-order valence-electron chi connectivity index (χ3n) is 3.31. The molecule has 1 aliphatic rings. The molecule has 1 aromatic rings. The average molecular weight is 327 g/mol. The minimum atomic E-state index is -0.841. The number of carbonyl (C=O) groups excluding carboxylic acids is 1. The highest BCUT2D eigenvalue weighted by molar-refractivity contribution is 9.10. The molecule has 19 heavy (non-hydrogen) atoms. The summed E-state index contributed by atoms with van der Waals surface area (Å²) in [6, 6.07) is 6.99. The van der Waals surface area contributed by atoms with Crippen molar-refractivity contribution >= 4 is 33.6 Å². The van der Waals surface area contributed by atoms with Crippen molar-refractivity contribution in [3.63, 3.8) is 0 Å². The van der Waals surface area contributed by atoms with Gasteiger partial charge in [-0.3, -0.25) is 4.79 Å². The van der Waals surface area contributed by atoms with Crippen LogP contribution in [0.3, 0.4) is 0 Å². The van der Waals surface area contributed by atoms with Gasteiger partial charge in [-0.2, -0.15) is 0 Å². The van der Waals surface area contributed by atoms with Crippen molar-refractivity contribution in [2.45, 2.75) is 6.92 Å². The van der Waals surface area contributed by atoms with Crippen molar-refractivity contribution in [3.05, 3.63) is 28.7 Å². The molecule has 2 rings (SSSR count). The zero-order valence-electron chi connectivity index (χ0n) is 10.5. The molecule has 0 saturated carbocycles. The van der Waals surface area contributed by atoms with Crippen LogP contribution in [0, 0.1) is 11.8 Å². The van der Waals surface area contributed by atoms with E-state index in [1.807, 2.05) is 19.1 Å². The lowest BCUT2D eigenvalue weighted by atomic mass is 9.99. The number of benzene rings is 1. The van der Waals surface area contributed by atoms with Crippen molar-refractivity contribution in [2.75, 3.05) is 18.4 Å². The monoisotopic (exact) mass is 326 g/mol. The lowest BCUT2D eigenvalue weighted by molar-refractivity contribution is -0.142. The van der Waals surface area contributed by atoms with Crippen LogP contribution in [0.2, 0.25) is 0 Å². The Morgan fingerprint density at radius 1 is 1.32 bits per heavy atom. The van der Waals surface area contributed by atoms with E-state index in [1.165, 1.54) is 0 Å². The fourth-order valence-electron chi connectivity index (χ4n) is 2.19. The van der Waals surface area contributed by atoms with Crippen LogP contribution in [0.5, 0.6) is 0 Å². The molecule has 5 nitrogen and oxygen atoms in total. The number of urea groups is 1. The van der Waals surface area contributed by atoms with Crippen LogP contribution in [0.4, 0.5) is 10.5 Å². The molecule has 1 saturated heterocycles. The van der Waals surface area contributed by atoms with Gasteiger partial charge in [0.2, 0.25) is 0 Å². The molecule has 1 aliphatic heterocycles. The largest absolute Gasteiger partial charge is 0.481 e. The fourth-order valence-corrected chi connectivity index (χ4v) is 2.45. The van der Waals surface area contributed by atoms with E-state index in [9.17, 15) is 9.59 Å². The summed E-state index contributed by atoms with van der Waals surface area (Å²) in [5.74, 6) is -1.34. The number of amides is 2. The number of carbonyl (C=O) groups is 2. The number of aliphatic carboxylic acids is 1. The number of nitrogens with zero attached hydrogens (tertiary/aromatic N) is 1. The number of anilines is 1. The number of nitrogens with one attached hydrogen (secondary N) is 1. The Labute approximate surface area is 119 Å². The van der Waals surface area contributed by atoms with Gasteiger partial charge in [0.1, 0.15) is 0 Å². The van der Waals surface area contributed by atoms with Crippen LogP contribution in [-0.2, 0) is 4.79 Å². The molecule has 0 aliphatic carbocycles. The zero-order valence-corrected chi connectivity index (χ0v) is 12.1. The Morgan fingerprint density at radius 3 is 2.47 bits per heavy atom. The second kappa shape index (κ2) is 5.61. The Hall–Kier alpha value is -1.56. The average Bonchev–Trinajstić information content (AvgIpc) is 2.74. The Balaban J connectivity index is 1.98. The molecule has 0 aromatic heterocycles. The van der Waals surface area contributed by atoms with E-state index in [2.05, 4.69) is 21.2 Å². The van der Waals surface area contributed by atoms with Gasteiger partial charge in [0.25, 0.3) is 0 Å². The first kappa shape index (κ1) is 13.9. The summed E-state index contributed by atoms with van der Waals surface area (Å²) in [7, 11) is 0. The van der Waals surface area contributed by atoms with Gasteiger partial charge in [0.05, 0.1) is 5.92 Å². The molecule has 0 radical (unpaired) electrons. The van der Waals surface area contributed by atoms with E-state index in [1.54, 1.807) is 17.0 Å². The van der Waals surface area contributed by atoms with Gasteiger partial charge in [-0.15, -0.1) is 0 Å². The second-order valence-corrected chi connectivity index (χ2v) is 5.68. The molecule has 1 fully saturated rings. The number of halogens is 1. The molecule has 1 aromatic carbocycles. The predicted molar refractivity (Wildman–Crippen MR) is 75.0 cm³/mol. The Morgan fingerprint density at radius 2 is 1.95 bits per heavy atom. The highest BCUT2D eigenvalue weighted by Crippen LogP contribution is 2.24. The number of carboxylic acids is 1. The van der Waals surface area contributed by atoms with Crippen molar-refractivity contribution in [2.24, 2.45) is 11.8 Å². The summed E-state index contributed by atoms with van der Waals surface area (Å²) in [4.78, 5) is 24.6. The SMILES string of the molecule is CC1CN(C(=O)Nc2ccc(Br)cc2)CC1C(=O)O. The first-order chi connectivity index (χ1) is 8.97. The predicted octanol–water partition coefficient (Wildman–Crippen LogP) is 2.63. The van der Waals surface area contributed by atoms with Crippen LogP contribution in [0.25, 0.3) is 0 Å². The van der Waals surface area contributed by atoms with Gasteiger partial charge < -0.3 is 15.3 Å². The first-order valence-electron chi connectivity index (χ1n) is 6.01. The van der Waals surface area contributed by atoms with Crippen molar-refractivity contribution in [3.8, 4) is 0 Å². The van der Waals surface area contributed by atoms with Crippen LogP contribution in [0.15, 0.2) is 28.7 Å². The Bertz CT molecular complexity index is 489. The lowest BCUT2D eigenvalue weighted by Crippen LogP contribution is -2.33. The number of hydrogen-bond acceptors (Lipinski definition) is 2. The molecular formula is C13H15BrN2O3. The minimum Gasteiger partial charge on any atom is -0.481 e. The molecule has 2 atom stereocenters. The van der Waals surface area contributed by atoms with Gasteiger partial charge in [0, 0.05) is 23.2 Å². The van der Waals surface area contributed by atoms with Gasteiger partial charge in [-0.05, 0) is 30.2 Å². The summed E-state index contributed by atoms with van der Waals surface area (Å²) in [6.07, 6.45) is 0. The summed E-state index contributed by atoms with van der Waals surface area (Å²) < 4.78 is 0.936. The maximum atomic E-state index is 12.0. The third-order valence-corrected chi connectivity index (χ3v) is 3.84. The summed E-state index contributed by atoms with van der Waals surface area (Å²) in [6.45, 7) is 2.59. The minimum absolute atomic E-state index is 0.0202. The maximum absolute atomic E-state index is 12.0. The standard InChI is InChI=1S/C13H15BrN2O3/c1-8-6-16(7-11(8)12(17)18)13(19)15-10-4-2-9(14)3-5-10/h2-5,8,11H,6-7H2,1H3,(H,15,19)(H,17,18). The van der Waals surface area contributed by atoms with E-state index in [-0.39, 0.29) is 18.5 Å². The van der Waals surface area contributed by atoms with Gasteiger partial charge in [-0.1, -0.05) is 22.9 Å². The third kappa shape index (κ3) is 3.26. The van der Waals surface area contributed by atoms with Crippen LogP contribution >= 0.6 is 15.9 Å². The number of hydrogen-bond donors (Lipinski definition) is 2.